The zero-order valence-electron chi connectivity index (χ0n) is 13.2. The summed E-state index contributed by atoms with van der Waals surface area (Å²) < 4.78 is 0. The molecule has 20 heavy (non-hydrogen) atoms. The molecule has 2 N–H and O–H groups in total. The molecule has 0 aromatic carbocycles. The standard InChI is InChI=1S/C17H32N2O/c1-2-19(16-9-4-3-5-10-16)17(20)15-8-6-7-14(13-15)11-12-18/h14-16H,2-13,18H2,1H3. The summed E-state index contributed by atoms with van der Waals surface area (Å²) in [4.78, 5) is 15.1. The Hall–Kier alpha value is -0.570. The van der Waals surface area contributed by atoms with Gasteiger partial charge in [-0.05, 0) is 51.5 Å². The molecule has 116 valence electrons. The lowest BCUT2D eigenvalue weighted by atomic mass is 9.79. The minimum atomic E-state index is 0.280. The molecule has 0 aromatic rings. The molecule has 2 fully saturated rings. The normalized spacial score (nSPS) is 28.3. The van der Waals surface area contributed by atoms with Gasteiger partial charge in [0.25, 0.3) is 0 Å². The van der Waals surface area contributed by atoms with Gasteiger partial charge in [-0.15, -0.1) is 0 Å². The molecule has 0 bridgehead atoms. The highest BCUT2D eigenvalue weighted by Crippen LogP contribution is 2.33. The molecule has 2 unspecified atom stereocenters. The fourth-order valence-electron chi connectivity index (χ4n) is 4.23. The molecule has 2 aliphatic carbocycles. The fourth-order valence-corrected chi connectivity index (χ4v) is 4.23. The van der Waals surface area contributed by atoms with Gasteiger partial charge in [0.05, 0.1) is 0 Å². The molecule has 0 saturated heterocycles. The molecule has 3 nitrogen and oxygen atoms in total. The lowest BCUT2D eigenvalue weighted by Crippen LogP contribution is -2.45. The van der Waals surface area contributed by atoms with E-state index in [0.717, 1.165) is 32.4 Å². The topological polar surface area (TPSA) is 46.3 Å². The second kappa shape index (κ2) is 8.02. The van der Waals surface area contributed by atoms with Gasteiger partial charge in [0.1, 0.15) is 0 Å². The lowest BCUT2D eigenvalue weighted by molar-refractivity contribution is -0.140. The number of nitrogens with two attached hydrogens (primary N) is 1. The van der Waals surface area contributed by atoms with Crippen LogP contribution >= 0.6 is 0 Å². The Morgan fingerprint density at radius 1 is 1.10 bits per heavy atom. The molecule has 0 spiro atoms. The van der Waals surface area contributed by atoms with E-state index in [2.05, 4.69) is 11.8 Å². The lowest BCUT2D eigenvalue weighted by Gasteiger charge is -2.38. The first-order valence-corrected chi connectivity index (χ1v) is 8.76. The van der Waals surface area contributed by atoms with Crippen LogP contribution in [0.4, 0.5) is 0 Å². The Labute approximate surface area is 124 Å². The van der Waals surface area contributed by atoms with E-state index in [1.54, 1.807) is 0 Å². The van der Waals surface area contributed by atoms with Crippen LogP contribution in [0.5, 0.6) is 0 Å². The number of rotatable bonds is 5. The highest BCUT2D eigenvalue weighted by Gasteiger charge is 2.32. The molecular formula is C17H32N2O. The largest absolute Gasteiger partial charge is 0.340 e. The molecule has 2 atom stereocenters. The first-order valence-electron chi connectivity index (χ1n) is 8.76. The zero-order valence-corrected chi connectivity index (χ0v) is 13.2. The van der Waals surface area contributed by atoms with Crippen LogP contribution in [-0.4, -0.2) is 29.9 Å². The van der Waals surface area contributed by atoms with Crippen molar-refractivity contribution in [1.82, 2.24) is 4.90 Å². The molecule has 0 heterocycles. The van der Waals surface area contributed by atoms with Crippen molar-refractivity contribution in [2.45, 2.75) is 77.2 Å². The molecule has 2 saturated carbocycles. The monoisotopic (exact) mass is 280 g/mol. The fraction of sp³-hybridized carbons (Fsp3) is 0.941. The molecule has 2 aliphatic rings. The van der Waals surface area contributed by atoms with Gasteiger partial charge >= 0.3 is 0 Å². The average Bonchev–Trinajstić information content (AvgIpc) is 2.50. The van der Waals surface area contributed by atoms with Crippen molar-refractivity contribution in [1.29, 1.82) is 0 Å². The van der Waals surface area contributed by atoms with Crippen molar-refractivity contribution in [3.05, 3.63) is 0 Å². The van der Waals surface area contributed by atoms with Gasteiger partial charge in [-0.1, -0.05) is 32.1 Å². The average molecular weight is 280 g/mol. The van der Waals surface area contributed by atoms with E-state index in [9.17, 15) is 4.79 Å². The molecule has 1 amide bonds. The third-order valence-electron chi connectivity index (χ3n) is 5.35. The van der Waals surface area contributed by atoms with E-state index >= 15 is 0 Å². The summed E-state index contributed by atoms with van der Waals surface area (Å²) in [6.45, 7) is 3.81. The highest BCUT2D eigenvalue weighted by molar-refractivity contribution is 5.79. The van der Waals surface area contributed by atoms with Crippen molar-refractivity contribution in [3.63, 3.8) is 0 Å². The van der Waals surface area contributed by atoms with Crippen molar-refractivity contribution in [2.24, 2.45) is 17.6 Å². The molecule has 0 aromatic heterocycles. The third kappa shape index (κ3) is 3.97. The maximum atomic E-state index is 12.9. The van der Waals surface area contributed by atoms with Gasteiger partial charge in [0.15, 0.2) is 0 Å². The smallest absolute Gasteiger partial charge is 0.225 e. The summed E-state index contributed by atoms with van der Waals surface area (Å²) in [5.74, 6) is 1.41. The van der Waals surface area contributed by atoms with E-state index in [0.29, 0.717) is 17.9 Å². The Kier molecular flexibility index (Phi) is 6.34. The van der Waals surface area contributed by atoms with Crippen LogP contribution in [-0.2, 0) is 4.79 Å². The van der Waals surface area contributed by atoms with Crippen LogP contribution in [0, 0.1) is 11.8 Å². The van der Waals surface area contributed by atoms with Crippen LogP contribution < -0.4 is 5.73 Å². The Morgan fingerprint density at radius 3 is 2.50 bits per heavy atom. The van der Waals surface area contributed by atoms with E-state index in [1.807, 2.05) is 0 Å². The maximum absolute atomic E-state index is 12.9. The Bertz CT molecular complexity index is 297. The van der Waals surface area contributed by atoms with Gasteiger partial charge in [-0.3, -0.25) is 4.79 Å². The number of carbonyl (C=O) groups is 1. The molecule has 0 aliphatic heterocycles. The zero-order chi connectivity index (χ0) is 14.4. The number of amides is 1. The summed E-state index contributed by atoms with van der Waals surface area (Å²) in [5, 5.41) is 0. The minimum Gasteiger partial charge on any atom is -0.340 e. The van der Waals surface area contributed by atoms with Crippen molar-refractivity contribution in [3.8, 4) is 0 Å². The van der Waals surface area contributed by atoms with E-state index < -0.39 is 0 Å². The molecular weight excluding hydrogens is 248 g/mol. The maximum Gasteiger partial charge on any atom is 0.225 e. The van der Waals surface area contributed by atoms with Crippen molar-refractivity contribution in [2.75, 3.05) is 13.1 Å². The summed E-state index contributed by atoms with van der Waals surface area (Å²) >= 11 is 0. The van der Waals surface area contributed by atoms with Crippen LogP contribution in [0.15, 0.2) is 0 Å². The number of hydrogen-bond acceptors (Lipinski definition) is 2. The first-order chi connectivity index (χ1) is 9.76. The third-order valence-corrected chi connectivity index (χ3v) is 5.35. The molecule has 3 heteroatoms. The number of nitrogens with zero attached hydrogens (tertiary/aromatic N) is 1. The number of hydrogen-bond donors (Lipinski definition) is 1. The van der Waals surface area contributed by atoms with Crippen LogP contribution in [0.1, 0.15) is 71.1 Å². The molecule has 0 radical (unpaired) electrons. The first kappa shape index (κ1) is 15.8. The number of carbonyl (C=O) groups excluding carboxylic acids is 1. The van der Waals surface area contributed by atoms with Crippen molar-refractivity contribution < 1.29 is 4.79 Å². The van der Waals surface area contributed by atoms with Gasteiger partial charge in [-0.25, -0.2) is 0 Å². The van der Waals surface area contributed by atoms with Crippen LogP contribution in [0.2, 0.25) is 0 Å². The van der Waals surface area contributed by atoms with E-state index in [1.165, 1.54) is 44.9 Å². The Balaban J connectivity index is 1.93. The van der Waals surface area contributed by atoms with Crippen molar-refractivity contribution >= 4 is 5.91 Å². The van der Waals surface area contributed by atoms with Gasteiger partial charge < -0.3 is 10.6 Å². The molecule has 2 rings (SSSR count). The highest BCUT2D eigenvalue weighted by atomic mass is 16.2. The Morgan fingerprint density at radius 2 is 1.85 bits per heavy atom. The van der Waals surface area contributed by atoms with E-state index in [-0.39, 0.29) is 5.92 Å². The summed E-state index contributed by atoms with van der Waals surface area (Å²) in [7, 11) is 0. The van der Waals surface area contributed by atoms with Crippen LogP contribution in [0.25, 0.3) is 0 Å². The predicted octanol–water partition coefficient (Wildman–Crippen LogP) is 3.32. The second-order valence-corrected chi connectivity index (χ2v) is 6.72. The summed E-state index contributed by atoms with van der Waals surface area (Å²) in [6, 6.07) is 0.524. The minimum absolute atomic E-state index is 0.280. The second-order valence-electron chi connectivity index (χ2n) is 6.72. The summed E-state index contributed by atoms with van der Waals surface area (Å²) in [6.07, 6.45) is 12.2. The predicted molar refractivity (Wildman–Crippen MR) is 83.4 cm³/mol. The SMILES string of the molecule is CCN(C(=O)C1CCCC(CCN)C1)C1CCCCC1. The van der Waals surface area contributed by atoms with Gasteiger partial charge in [0, 0.05) is 18.5 Å². The van der Waals surface area contributed by atoms with Gasteiger partial charge in [-0.2, -0.15) is 0 Å². The van der Waals surface area contributed by atoms with Crippen LogP contribution in [0.3, 0.4) is 0 Å². The quantitative estimate of drug-likeness (QED) is 0.839. The van der Waals surface area contributed by atoms with Gasteiger partial charge in [0.2, 0.25) is 5.91 Å². The summed E-state index contributed by atoms with van der Waals surface area (Å²) in [5.41, 5.74) is 5.69. The van der Waals surface area contributed by atoms with E-state index in [4.69, 9.17) is 5.73 Å².